The quantitative estimate of drug-likeness (QED) is 0.355. The third-order valence-corrected chi connectivity index (χ3v) is 5.47. The van der Waals surface area contributed by atoms with E-state index in [1.165, 1.54) is 10.5 Å². The van der Waals surface area contributed by atoms with Crippen molar-refractivity contribution < 1.29 is 0 Å². The smallest absolute Gasteiger partial charge is 0.190 e. The van der Waals surface area contributed by atoms with Crippen molar-refractivity contribution in [1.82, 2.24) is 25.2 Å². The number of imidazole rings is 1. The third kappa shape index (κ3) is 5.29. The lowest BCUT2D eigenvalue weighted by Gasteiger charge is -2.12. The number of thiazole rings is 1. The molecule has 2 N–H and O–H groups in total. The van der Waals surface area contributed by atoms with Crippen LogP contribution in [0.15, 0.2) is 34.6 Å². The van der Waals surface area contributed by atoms with E-state index in [-0.39, 0.29) is 0 Å². The number of nitrogens with one attached hydrogen (secondary N) is 2. The van der Waals surface area contributed by atoms with E-state index in [9.17, 15) is 0 Å². The van der Waals surface area contributed by atoms with Crippen LogP contribution in [0, 0.1) is 13.8 Å². The minimum Gasteiger partial charge on any atom is -0.356 e. The van der Waals surface area contributed by atoms with Crippen LogP contribution < -0.4 is 10.6 Å². The topological polar surface area (TPSA) is 67.1 Å². The first-order valence-corrected chi connectivity index (χ1v) is 10.3. The number of guanidine groups is 1. The molecule has 144 valence electrons. The monoisotopic (exact) mass is 384 g/mol. The summed E-state index contributed by atoms with van der Waals surface area (Å²) in [6.07, 6.45) is 3.07. The van der Waals surface area contributed by atoms with Crippen molar-refractivity contribution in [2.75, 3.05) is 20.1 Å². The lowest BCUT2D eigenvalue weighted by molar-refractivity contribution is 0.623. The number of hydrogen-bond acceptors (Lipinski definition) is 4. The fraction of sp³-hybridized carbons (Fsp3) is 0.450. The van der Waals surface area contributed by atoms with E-state index in [4.69, 9.17) is 0 Å². The fourth-order valence-corrected chi connectivity index (χ4v) is 3.92. The van der Waals surface area contributed by atoms with Crippen LogP contribution in [0.1, 0.15) is 29.4 Å². The van der Waals surface area contributed by atoms with Gasteiger partial charge in [0.2, 0.25) is 0 Å². The summed E-state index contributed by atoms with van der Waals surface area (Å²) in [6, 6.07) is 8.30. The molecule has 2 aromatic heterocycles. The number of aliphatic imine (C=N–C) groups is 1. The molecule has 0 amide bonds. The second-order valence-electron chi connectivity index (χ2n) is 6.56. The van der Waals surface area contributed by atoms with Crippen molar-refractivity contribution in [2.45, 2.75) is 39.7 Å². The normalized spacial score (nSPS) is 11.9. The van der Waals surface area contributed by atoms with Gasteiger partial charge in [-0.05, 0) is 38.8 Å². The molecule has 1 aromatic carbocycles. The third-order valence-electron chi connectivity index (χ3n) is 4.45. The second-order valence-corrected chi connectivity index (χ2v) is 7.51. The lowest BCUT2D eigenvalue weighted by atomic mass is 10.3. The molecule has 27 heavy (non-hydrogen) atoms. The summed E-state index contributed by atoms with van der Waals surface area (Å²) in [5.74, 6) is 1.92. The van der Waals surface area contributed by atoms with Crippen LogP contribution in [0.2, 0.25) is 0 Å². The van der Waals surface area contributed by atoms with Gasteiger partial charge in [-0.25, -0.2) is 9.97 Å². The fourth-order valence-electron chi connectivity index (χ4n) is 3.11. The predicted molar refractivity (Wildman–Crippen MR) is 114 cm³/mol. The number of para-hydroxylation sites is 2. The van der Waals surface area contributed by atoms with Crippen LogP contribution in [-0.4, -0.2) is 40.6 Å². The minimum absolute atomic E-state index is 0.859. The van der Waals surface area contributed by atoms with Crippen LogP contribution in [0.4, 0.5) is 0 Å². The summed E-state index contributed by atoms with van der Waals surface area (Å²) in [6.45, 7) is 6.82. The number of rotatable bonds is 8. The molecular weight excluding hydrogens is 356 g/mol. The van der Waals surface area contributed by atoms with E-state index < -0.39 is 0 Å². The molecular formula is C20H28N6S. The maximum atomic E-state index is 4.62. The molecule has 0 saturated carbocycles. The van der Waals surface area contributed by atoms with Crippen molar-refractivity contribution in [3.63, 3.8) is 0 Å². The minimum atomic E-state index is 0.859. The van der Waals surface area contributed by atoms with Gasteiger partial charge in [0.05, 0.1) is 16.0 Å². The molecule has 3 aromatic rings. The Morgan fingerprint density at radius 1 is 1.11 bits per heavy atom. The predicted octanol–water partition coefficient (Wildman–Crippen LogP) is 3.30. The summed E-state index contributed by atoms with van der Waals surface area (Å²) >= 11 is 1.74. The number of aryl methyl sites for hydroxylation is 4. The van der Waals surface area contributed by atoms with Gasteiger partial charge in [0, 0.05) is 44.2 Å². The highest BCUT2D eigenvalue weighted by atomic mass is 32.1. The van der Waals surface area contributed by atoms with Crippen LogP contribution in [0.3, 0.4) is 0 Å². The standard InChI is InChI=1S/C20H28N6S/c1-15-14-27-19(24-15)10-6-11-22-20(21-3)23-12-7-13-26-16(2)25-17-8-4-5-9-18(17)26/h4-5,8-9,14H,6-7,10-13H2,1-3H3,(H2,21,22,23). The largest absolute Gasteiger partial charge is 0.356 e. The van der Waals surface area contributed by atoms with Crippen LogP contribution in [-0.2, 0) is 13.0 Å². The van der Waals surface area contributed by atoms with Gasteiger partial charge in [0.1, 0.15) is 5.82 Å². The number of hydrogen-bond donors (Lipinski definition) is 2. The number of nitrogens with zero attached hydrogens (tertiary/aromatic N) is 4. The van der Waals surface area contributed by atoms with Gasteiger partial charge in [-0.15, -0.1) is 11.3 Å². The van der Waals surface area contributed by atoms with Crippen LogP contribution in [0.5, 0.6) is 0 Å². The molecule has 2 heterocycles. The highest BCUT2D eigenvalue weighted by molar-refractivity contribution is 7.09. The number of benzene rings is 1. The lowest BCUT2D eigenvalue weighted by Crippen LogP contribution is -2.38. The zero-order valence-electron chi connectivity index (χ0n) is 16.3. The molecule has 0 fully saturated rings. The molecule has 0 atom stereocenters. The first-order chi connectivity index (χ1) is 13.2. The molecule has 0 bridgehead atoms. The van der Waals surface area contributed by atoms with Crippen molar-refractivity contribution in [3.05, 3.63) is 46.2 Å². The Labute approximate surface area is 164 Å². The summed E-state index contributed by atoms with van der Waals surface area (Å²) in [7, 11) is 1.81. The van der Waals surface area contributed by atoms with E-state index in [0.717, 1.165) is 61.9 Å². The van der Waals surface area contributed by atoms with Crippen LogP contribution in [0.25, 0.3) is 11.0 Å². The Hall–Kier alpha value is -2.41. The first-order valence-electron chi connectivity index (χ1n) is 9.45. The van der Waals surface area contributed by atoms with Gasteiger partial charge in [0.25, 0.3) is 0 Å². The Morgan fingerprint density at radius 2 is 1.89 bits per heavy atom. The SMILES string of the molecule is CN=C(NCCCc1nc(C)cs1)NCCCn1c(C)nc2ccccc21. The number of aromatic nitrogens is 3. The Bertz CT molecular complexity index is 895. The highest BCUT2D eigenvalue weighted by Gasteiger charge is 2.06. The molecule has 0 unspecified atom stereocenters. The summed E-state index contributed by atoms with van der Waals surface area (Å²) < 4.78 is 2.28. The van der Waals surface area contributed by atoms with Crippen molar-refractivity contribution in [1.29, 1.82) is 0 Å². The molecule has 0 spiro atoms. The number of fused-ring (bicyclic) bond motifs is 1. The summed E-state index contributed by atoms with van der Waals surface area (Å²) in [5.41, 5.74) is 3.38. The molecule has 0 radical (unpaired) electrons. The molecule has 0 saturated heterocycles. The van der Waals surface area contributed by atoms with Gasteiger partial charge < -0.3 is 15.2 Å². The Balaban J connectivity index is 1.37. The maximum absolute atomic E-state index is 4.62. The average Bonchev–Trinajstić information content (AvgIpc) is 3.22. The Morgan fingerprint density at radius 3 is 2.63 bits per heavy atom. The van der Waals surface area contributed by atoms with Crippen molar-refractivity contribution in [2.24, 2.45) is 4.99 Å². The first kappa shape index (κ1) is 19.4. The van der Waals surface area contributed by atoms with E-state index in [2.05, 4.69) is 60.7 Å². The molecule has 0 aliphatic rings. The van der Waals surface area contributed by atoms with Crippen molar-refractivity contribution >= 4 is 28.3 Å². The summed E-state index contributed by atoms with van der Waals surface area (Å²) in [5, 5.41) is 10.1. The second kappa shape index (κ2) is 9.50. The van der Waals surface area contributed by atoms with E-state index in [0.29, 0.717) is 0 Å². The molecule has 7 heteroatoms. The van der Waals surface area contributed by atoms with E-state index in [1.807, 2.05) is 20.0 Å². The van der Waals surface area contributed by atoms with Gasteiger partial charge in [-0.1, -0.05) is 12.1 Å². The average molecular weight is 385 g/mol. The van der Waals surface area contributed by atoms with Crippen LogP contribution >= 0.6 is 11.3 Å². The van der Waals surface area contributed by atoms with E-state index in [1.54, 1.807) is 11.3 Å². The van der Waals surface area contributed by atoms with Gasteiger partial charge in [-0.2, -0.15) is 0 Å². The van der Waals surface area contributed by atoms with Gasteiger partial charge >= 0.3 is 0 Å². The van der Waals surface area contributed by atoms with Gasteiger partial charge in [-0.3, -0.25) is 4.99 Å². The van der Waals surface area contributed by atoms with Gasteiger partial charge in [0.15, 0.2) is 5.96 Å². The van der Waals surface area contributed by atoms with E-state index >= 15 is 0 Å². The molecule has 0 aliphatic heterocycles. The maximum Gasteiger partial charge on any atom is 0.190 e. The molecule has 3 rings (SSSR count). The zero-order chi connectivity index (χ0) is 19.1. The molecule has 6 nitrogen and oxygen atoms in total. The summed E-state index contributed by atoms with van der Waals surface area (Å²) in [4.78, 5) is 13.4. The Kier molecular flexibility index (Phi) is 6.81. The highest BCUT2D eigenvalue weighted by Crippen LogP contribution is 2.15. The molecule has 0 aliphatic carbocycles. The zero-order valence-corrected chi connectivity index (χ0v) is 17.1. The van der Waals surface area contributed by atoms with Crippen molar-refractivity contribution in [3.8, 4) is 0 Å².